The topological polar surface area (TPSA) is 97.1 Å². The Morgan fingerprint density at radius 1 is 1.45 bits per heavy atom. The first-order chi connectivity index (χ1) is 9.51. The number of carboxylic acids is 1. The molecule has 1 rings (SSSR count). The minimum atomic E-state index is -0.967. The van der Waals surface area contributed by atoms with Gasteiger partial charge in [0.2, 0.25) is 5.91 Å². The van der Waals surface area contributed by atoms with Crippen molar-refractivity contribution in [1.82, 2.24) is 20.3 Å². The first-order valence-electron chi connectivity index (χ1n) is 6.91. The van der Waals surface area contributed by atoms with E-state index in [1.165, 1.54) is 17.3 Å². The summed E-state index contributed by atoms with van der Waals surface area (Å²) in [5.41, 5.74) is 0.348. The summed E-state index contributed by atoms with van der Waals surface area (Å²) in [5.74, 6) is -1.10. The number of carbonyl (C=O) groups is 2. The lowest BCUT2D eigenvalue weighted by Crippen LogP contribution is -2.35. The third-order valence-electron chi connectivity index (χ3n) is 2.87. The van der Waals surface area contributed by atoms with Crippen LogP contribution in [0, 0.1) is 0 Å². The lowest BCUT2D eigenvalue weighted by molar-refractivity contribution is -0.136. The molecule has 0 aliphatic rings. The van der Waals surface area contributed by atoms with Crippen LogP contribution in [0.25, 0.3) is 0 Å². The summed E-state index contributed by atoms with van der Waals surface area (Å²) in [7, 11) is 0. The van der Waals surface area contributed by atoms with Crippen molar-refractivity contribution < 1.29 is 14.7 Å². The zero-order valence-corrected chi connectivity index (χ0v) is 12.0. The molecule has 0 aliphatic heterocycles. The van der Waals surface area contributed by atoms with Crippen molar-refractivity contribution in [3.05, 3.63) is 11.9 Å². The van der Waals surface area contributed by atoms with E-state index in [1.807, 2.05) is 6.92 Å². The van der Waals surface area contributed by atoms with Crippen LogP contribution in [-0.2, 0) is 22.6 Å². The Morgan fingerprint density at radius 2 is 2.20 bits per heavy atom. The number of carboxylic acid groups (broad SMARTS) is 1. The lowest BCUT2D eigenvalue weighted by Gasteiger charge is -2.13. The summed E-state index contributed by atoms with van der Waals surface area (Å²) < 4.78 is 1.35. The van der Waals surface area contributed by atoms with Crippen molar-refractivity contribution in [1.29, 1.82) is 0 Å². The second-order valence-corrected chi connectivity index (χ2v) is 4.94. The Hall–Kier alpha value is -1.92. The van der Waals surface area contributed by atoms with Gasteiger partial charge in [-0.1, -0.05) is 31.4 Å². The SMILES string of the molecule is CCCCCC(C)NC(=O)Cn1cc(CC(=O)O)nn1. The van der Waals surface area contributed by atoms with Crippen LogP contribution in [0.15, 0.2) is 6.20 Å². The van der Waals surface area contributed by atoms with Crippen LogP contribution >= 0.6 is 0 Å². The minimum Gasteiger partial charge on any atom is -0.481 e. The molecule has 0 saturated heterocycles. The van der Waals surface area contributed by atoms with Crippen LogP contribution in [0.3, 0.4) is 0 Å². The van der Waals surface area contributed by atoms with Crippen molar-refractivity contribution in [3.8, 4) is 0 Å². The molecule has 1 atom stereocenters. The van der Waals surface area contributed by atoms with Crippen LogP contribution in [0.4, 0.5) is 0 Å². The van der Waals surface area contributed by atoms with Crippen molar-refractivity contribution in [3.63, 3.8) is 0 Å². The fraction of sp³-hybridized carbons (Fsp3) is 0.692. The number of hydrogen-bond donors (Lipinski definition) is 2. The smallest absolute Gasteiger partial charge is 0.309 e. The van der Waals surface area contributed by atoms with Gasteiger partial charge in [-0.25, -0.2) is 4.68 Å². The summed E-state index contributed by atoms with van der Waals surface area (Å²) in [6, 6.07) is 0.135. The summed E-state index contributed by atoms with van der Waals surface area (Å²) in [4.78, 5) is 22.3. The molecular weight excluding hydrogens is 260 g/mol. The molecule has 112 valence electrons. The lowest BCUT2D eigenvalue weighted by atomic mass is 10.1. The number of aromatic nitrogens is 3. The molecule has 7 nitrogen and oxygen atoms in total. The van der Waals surface area contributed by atoms with Gasteiger partial charge in [-0.05, 0) is 13.3 Å². The van der Waals surface area contributed by atoms with Gasteiger partial charge in [-0.15, -0.1) is 5.10 Å². The molecular formula is C13H22N4O3. The Kier molecular flexibility index (Phi) is 6.69. The predicted octanol–water partition coefficient (Wildman–Crippen LogP) is 0.990. The molecule has 0 aliphatic carbocycles. The molecule has 0 radical (unpaired) electrons. The average Bonchev–Trinajstić information content (AvgIpc) is 2.75. The maximum absolute atomic E-state index is 11.8. The molecule has 0 saturated carbocycles. The number of nitrogens with one attached hydrogen (secondary N) is 1. The zero-order valence-electron chi connectivity index (χ0n) is 12.0. The van der Waals surface area contributed by atoms with Crippen molar-refractivity contribution in [2.24, 2.45) is 0 Å². The highest BCUT2D eigenvalue weighted by atomic mass is 16.4. The maximum atomic E-state index is 11.8. The second kappa shape index (κ2) is 8.29. The van der Waals surface area contributed by atoms with Gasteiger partial charge >= 0.3 is 5.97 Å². The first-order valence-corrected chi connectivity index (χ1v) is 6.91. The molecule has 0 aromatic carbocycles. The minimum absolute atomic E-state index is 0.0603. The molecule has 0 spiro atoms. The highest BCUT2D eigenvalue weighted by molar-refractivity contribution is 5.75. The van der Waals surface area contributed by atoms with E-state index in [2.05, 4.69) is 22.6 Å². The van der Waals surface area contributed by atoms with Gasteiger partial charge in [0, 0.05) is 12.2 Å². The molecule has 20 heavy (non-hydrogen) atoms. The van der Waals surface area contributed by atoms with Gasteiger partial charge in [0.05, 0.1) is 12.1 Å². The quantitative estimate of drug-likeness (QED) is 0.658. The van der Waals surface area contributed by atoms with Crippen LogP contribution in [0.5, 0.6) is 0 Å². The number of amides is 1. The van der Waals surface area contributed by atoms with Crippen molar-refractivity contribution >= 4 is 11.9 Å². The Balaban J connectivity index is 2.34. The standard InChI is InChI=1S/C13H22N4O3/c1-3-4-5-6-10(2)14-12(18)9-17-8-11(15-16-17)7-13(19)20/h8,10H,3-7,9H2,1-2H3,(H,14,18)(H,19,20). The van der Waals surface area contributed by atoms with E-state index in [-0.39, 0.29) is 24.9 Å². The fourth-order valence-electron chi connectivity index (χ4n) is 1.89. The summed E-state index contributed by atoms with van der Waals surface area (Å²) in [6.07, 6.45) is 5.68. The van der Waals surface area contributed by atoms with Crippen LogP contribution in [0.2, 0.25) is 0 Å². The van der Waals surface area contributed by atoms with E-state index in [1.54, 1.807) is 0 Å². The largest absolute Gasteiger partial charge is 0.481 e. The maximum Gasteiger partial charge on any atom is 0.309 e. The molecule has 1 heterocycles. The summed E-state index contributed by atoms with van der Waals surface area (Å²) in [5, 5.41) is 19.0. The third kappa shape index (κ3) is 6.31. The van der Waals surface area contributed by atoms with E-state index in [9.17, 15) is 9.59 Å². The summed E-state index contributed by atoms with van der Waals surface area (Å²) >= 11 is 0. The zero-order chi connectivity index (χ0) is 15.0. The Bertz CT molecular complexity index is 445. The average molecular weight is 282 g/mol. The number of nitrogens with zero attached hydrogens (tertiary/aromatic N) is 3. The molecule has 0 bridgehead atoms. The molecule has 7 heteroatoms. The highest BCUT2D eigenvalue weighted by Gasteiger charge is 2.10. The van der Waals surface area contributed by atoms with Crippen LogP contribution in [0.1, 0.15) is 45.2 Å². The molecule has 0 fully saturated rings. The number of aliphatic carboxylic acids is 1. The van der Waals surface area contributed by atoms with Crippen molar-refractivity contribution in [2.45, 2.75) is 58.5 Å². The molecule has 2 N–H and O–H groups in total. The van der Waals surface area contributed by atoms with Crippen LogP contribution < -0.4 is 5.32 Å². The van der Waals surface area contributed by atoms with E-state index >= 15 is 0 Å². The van der Waals surface area contributed by atoms with Gasteiger partial charge in [0.15, 0.2) is 0 Å². The Labute approximate surface area is 118 Å². The fourth-order valence-corrected chi connectivity index (χ4v) is 1.89. The van der Waals surface area contributed by atoms with E-state index in [0.29, 0.717) is 5.69 Å². The molecule has 1 aromatic rings. The molecule has 1 aromatic heterocycles. The third-order valence-corrected chi connectivity index (χ3v) is 2.87. The van der Waals surface area contributed by atoms with E-state index < -0.39 is 5.97 Å². The van der Waals surface area contributed by atoms with Gasteiger partial charge < -0.3 is 10.4 Å². The number of hydrogen-bond acceptors (Lipinski definition) is 4. The molecule has 1 amide bonds. The Morgan fingerprint density at radius 3 is 2.85 bits per heavy atom. The monoisotopic (exact) mass is 282 g/mol. The number of carbonyl (C=O) groups excluding carboxylic acids is 1. The van der Waals surface area contributed by atoms with E-state index in [4.69, 9.17) is 5.11 Å². The van der Waals surface area contributed by atoms with Gasteiger partial charge in [0.1, 0.15) is 6.54 Å². The van der Waals surface area contributed by atoms with Gasteiger partial charge in [0.25, 0.3) is 0 Å². The van der Waals surface area contributed by atoms with E-state index in [0.717, 1.165) is 19.3 Å². The normalized spacial score (nSPS) is 12.1. The number of rotatable bonds is 9. The van der Waals surface area contributed by atoms with Crippen molar-refractivity contribution in [2.75, 3.05) is 0 Å². The predicted molar refractivity (Wildman–Crippen MR) is 73.1 cm³/mol. The summed E-state index contributed by atoms with van der Waals surface area (Å²) in [6.45, 7) is 4.18. The number of unbranched alkanes of at least 4 members (excludes halogenated alkanes) is 2. The second-order valence-electron chi connectivity index (χ2n) is 4.94. The van der Waals surface area contributed by atoms with Gasteiger partial charge in [-0.3, -0.25) is 9.59 Å². The first kappa shape index (κ1) is 16.1. The molecule has 1 unspecified atom stereocenters. The van der Waals surface area contributed by atoms with Gasteiger partial charge in [-0.2, -0.15) is 0 Å². The van der Waals surface area contributed by atoms with Crippen LogP contribution in [-0.4, -0.2) is 38.0 Å². The highest BCUT2D eigenvalue weighted by Crippen LogP contribution is 2.03.